The third-order valence-corrected chi connectivity index (χ3v) is 5.97. The van der Waals surface area contributed by atoms with Gasteiger partial charge >= 0.3 is 0 Å². The molecule has 0 aliphatic heterocycles. The minimum atomic E-state index is 0.00391. The highest BCUT2D eigenvalue weighted by Crippen LogP contribution is 2.48. The lowest BCUT2D eigenvalue weighted by Gasteiger charge is -2.31. The van der Waals surface area contributed by atoms with Crippen molar-refractivity contribution in [1.29, 1.82) is 0 Å². The Morgan fingerprint density at radius 1 is 1.19 bits per heavy atom. The van der Waals surface area contributed by atoms with Gasteiger partial charge in [0, 0.05) is 18.6 Å². The van der Waals surface area contributed by atoms with Crippen LogP contribution in [0.5, 0.6) is 0 Å². The van der Waals surface area contributed by atoms with Gasteiger partial charge in [-0.3, -0.25) is 4.79 Å². The molecular formula is C17H29NO3. The lowest BCUT2D eigenvalue weighted by molar-refractivity contribution is -0.130. The Kier molecular flexibility index (Phi) is 4.85. The number of nitrogens with one attached hydrogen (secondary N) is 1. The molecule has 3 rings (SSSR count). The van der Waals surface area contributed by atoms with Crippen LogP contribution in [0.3, 0.4) is 0 Å². The van der Waals surface area contributed by atoms with Crippen molar-refractivity contribution in [2.45, 2.75) is 64.0 Å². The van der Waals surface area contributed by atoms with Gasteiger partial charge in [-0.1, -0.05) is 19.8 Å². The Morgan fingerprint density at radius 2 is 2.00 bits per heavy atom. The lowest BCUT2D eigenvalue weighted by Crippen LogP contribution is -2.46. The van der Waals surface area contributed by atoms with Gasteiger partial charge in [0.15, 0.2) is 0 Å². The monoisotopic (exact) mass is 295 g/mol. The summed E-state index contributed by atoms with van der Waals surface area (Å²) in [6.07, 6.45) is 8.53. The molecule has 0 spiro atoms. The number of hydrogen-bond acceptors (Lipinski definition) is 3. The molecule has 0 aromatic heterocycles. The number of carbonyl (C=O) groups excluding carboxylic acids is 1. The second kappa shape index (κ2) is 6.66. The number of aliphatic hydroxyl groups is 1. The molecule has 4 heteroatoms. The van der Waals surface area contributed by atoms with Gasteiger partial charge in [0.2, 0.25) is 5.91 Å². The number of carbonyl (C=O) groups is 1. The molecule has 0 aromatic carbocycles. The van der Waals surface area contributed by atoms with E-state index in [0.29, 0.717) is 11.8 Å². The summed E-state index contributed by atoms with van der Waals surface area (Å²) in [4.78, 5) is 12.1. The normalized spacial score (nSPS) is 42.2. The summed E-state index contributed by atoms with van der Waals surface area (Å²) in [6.45, 7) is 2.65. The van der Waals surface area contributed by atoms with Crippen LogP contribution in [0.2, 0.25) is 0 Å². The predicted molar refractivity (Wildman–Crippen MR) is 80.7 cm³/mol. The first-order valence-corrected chi connectivity index (χ1v) is 8.69. The predicted octanol–water partition coefficient (Wildman–Crippen LogP) is 2.10. The van der Waals surface area contributed by atoms with Crippen molar-refractivity contribution in [3.8, 4) is 0 Å². The van der Waals surface area contributed by atoms with Crippen LogP contribution in [0, 0.1) is 23.7 Å². The van der Waals surface area contributed by atoms with Crippen LogP contribution in [-0.4, -0.2) is 36.4 Å². The van der Waals surface area contributed by atoms with Crippen LogP contribution in [0.15, 0.2) is 0 Å². The van der Waals surface area contributed by atoms with Crippen LogP contribution < -0.4 is 5.32 Å². The number of rotatable bonds is 5. The van der Waals surface area contributed by atoms with Crippen LogP contribution in [0.1, 0.15) is 51.9 Å². The minimum Gasteiger partial charge on any atom is -0.396 e. The number of amides is 1. The van der Waals surface area contributed by atoms with E-state index in [1.54, 1.807) is 0 Å². The quantitative estimate of drug-likeness (QED) is 0.816. The van der Waals surface area contributed by atoms with Crippen molar-refractivity contribution in [2.24, 2.45) is 23.7 Å². The summed E-state index contributed by atoms with van der Waals surface area (Å²) in [5.41, 5.74) is 0. The van der Waals surface area contributed by atoms with Crippen molar-refractivity contribution < 1.29 is 14.6 Å². The Morgan fingerprint density at radius 3 is 2.76 bits per heavy atom. The van der Waals surface area contributed by atoms with Crippen molar-refractivity contribution in [3.63, 3.8) is 0 Å². The molecule has 0 heterocycles. The molecule has 3 saturated carbocycles. The van der Waals surface area contributed by atoms with E-state index in [9.17, 15) is 9.90 Å². The zero-order valence-corrected chi connectivity index (χ0v) is 13.1. The molecule has 1 amide bonds. The molecule has 0 aromatic rings. The lowest BCUT2D eigenvalue weighted by atomic mass is 9.85. The summed E-state index contributed by atoms with van der Waals surface area (Å²) in [7, 11) is 0. The maximum atomic E-state index is 12.1. The maximum Gasteiger partial charge on any atom is 0.246 e. The van der Waals surface area contributed by atoms with Gasteiger partial charge in [-0.2, -0.15) is 0 Å². The first kappa shape index (κ1) is 15.3. The first-order valence-electron chi connectivity index (χ1n) is 8.69. The van der Waals surface area contributed by atoms with Gasteiger partial charge in [0.25, 0.3) is 0 Å². The standard InChI is InChI=1S/C17H29NO3/c1-11-3-2-4-14(7-11)21-10-16(20)18-17-13-6-5-12(8-13)15(17)9-19/h11-15,17,19H,2-10H2,1H3,(H,18,20). The molecule has 6 atom stereocenters. The molecule has 21 heavy (non-hydrogen) atoms. The third kappa shape index (κ3) is 3.42. The molecule has 2 N–H and O–H groups in total. The SMILES string of the molecule is CC1CCCC(OCC(=O)NC2C3CCC(C3)C2CO)C1. The van der Waals surface area contributed by atoms with Gasteiger partial charge in [0.05, 0.1) is 6.10 Å². The number of fused-ring (bicyclic) bond motifs is 2. The van der Waals surface area contributed by atoms with Crippen molar-refractivity contribution in [1.82, 2.24) is 5.32 Å². The van der Waals surface area contributed by atoms with E-state index in [0.717, 1.165) is 18.8 Å². The van der Waals surface area contributed by atoms with Gasteiger partial charge in [-0.15, -0.1) is 0 Å². The van der Waals surface area contributed by atoms with E-state index in [2.05, 4.69) is 12.2 Å². The highest BCUT2D eigenvalue weighted by atomic mass is 16.5. The zero-order chi connectivity index (χ0) is 14.8. The Bertz CT molecular complexity index is 373. The minimum absolute atomic E-state index is 0.00391. The van der Waals surface area contributed by atoms with Crippen molar-refractivity contribution >= 4 is 5.91 Å². The fraction of sp³-hybridized carbons (Fsp3) is 0.941. The summed E-state index contributed by atoms with van der Waals surface area (Å²) in [6, 6.07) is 0.176. The first-order chi connectivity index (χ1) is 10.2. The van der Waals surface area contributed by atoms with E-state index in [1.807, 2.05) is 0 Å². The van der Waals surface area contributed by atoms with Crippen LogP contribution >= 0.6 is 0 Å². The molecule has 2 bridgehead atoms. The maximum absolute atomic E-state index is 12.1. The Hall–Kier alpha value is -0.610. The van der Waals surface area contributed by atoms with E-state index in [-0.39, 0.29) is 37.2 Å². The second-order valence-corrected chi connectivity index (χ2v) is 7.48. The van der Waals surface area contributed by atoms with Crippen molar-refractivity contribution in [2.75, 3.05) is 13.2 Å². The topological polar surface area (TPSA) is 58.6 Å². The van der Waals surface area contributed by atoms with Gasteiger partial charge in [-0.05, 0) is 49.9 Å². The highest BCUT2D eigenvalue weighted by Gasteiger charge is 2.47. The average Bonchev–Trinajstić information content (AvgIpc) is 3.06. The number of ether oxygens (including phenoxy) is 1. The number of hydrogen-bond donors (Lipinski definition) is 2. The van der Waals surface area contributed by atoms with Crippen LogP contribution in [0.25, 0.3) is 0 Å². The fourth-order valence-corrected chi connectivity index (χ4v) is 4.85. The van der Waals surface area contributed by atoms with Gasteiger partial charge < -0.3 is 15.2 Å². The molecule has 0 radical (unpaired) electrons. The summed E-state index contributed by atoms with van der Waals surface area (Å²) >= 11 is 0. The molecule has 6 unspecified atom stereocenters. The van der Waals surface area contributed by atoms with E-state index in [4.69, 9.17) is 4.74 Å². The van der Waals surface area contributed by atoms with Crippen LogP contribution in [0.4, 0.5) is 0 Å². The number of aliphatic hydroxyl groups excluding tert-OH is 1. The molecular weight excluding hydrogens is 266 g/mol. The van der Waals surface area contributed by atoms with E-state index >= 15 is 0 Å². The van der Waals surface area contributed by atoms with Gasteiger partial charge in [0.1, 0.15) is 6.61 Å². The Labute approximate surface area is 127 Å². The van der Waals surface area contributed by atoms with Gasteiger partial charge in [-0.25, -0.2) is 0 Å². The Balaban J connectivity index is 1.44. The summed E-state index contributed by atoms with van der Waals surface area (Å²) in [5.74, 6) is 2.18. The van der Waals surface area contributed by atoms with E-state index < -0.39 is 0 Å². The largest absolute Gasteiger partial charge is 0.396 e. The molecule has 3 aliphatic carbocycles. The van der Waals surface area contributed by atoms with E-state index in [1.165, 1.54) is 32.1 Å². The van der Waals surface area contributed by atoms with Crippen molar-refractivity contribution in [3.05, 3.63) is 0 Å². The summed E-state index contributed by atoms with van der Waals surface area (Å²) in [5, 5.41) is 12.7. The highest BCUT2D eigenvalue weighted by molar-refractivity contribution is 5.77. The molecule has 4 nitrogen and oxygen atoms in total. The average molecular weight is 295 g/mol. The third-order valence-electron chi connectivity index (χ3n) is 5.97. The molecule has 0 saturated heterocycles. The van der Waals surface area contributed by atoms with Crippen LogP contribution in [-0.2, 0) is 9.53 Å². The molecule has 120 valence electrons. The molecule has 3 fully saturated rings. The second-order valence-electron chi connectivity index (χ2n) is 7.48. The smallest absolute Gasteiger partial charge is 0.246 e. The zero-order valence-electron chi connectivity index (χ0n) is 13.1. The molecule has 3 aliphatic rings. The fourth-order valence-electron chi connectivity index (χ4n) is 4.85. The summed E-state index contributed by atoms with van der Waals surface area (Å²) < 4.78 is 5.80.